The van der Waals surface area contributed by atoms with E-state index in [2.05, 4.69) is 6.92 Å². The summed E-state index contributed by atoms with van der Waals surface area (Å²) >= 11 is 0. The largest absolute Gasteiger partial charge is 0.427 e. The van der Waals surface area contributed by atoms with Gasteiger partial charge in [-0.15, -0.1) is 0 Å². The molecule has 0 saturated carbocycles. The Morgan fingerprint density at radius 2 is 1.54 bits per heavy atom. The number of methoxy groups -OCH3 is 1. The second-order valence-electron chi connectivity index (χ2n) is 7.00. The third-order valence-electron chi connectivity index (χ3n) is 4.90. The highest BCUT2D eigenvalue weighted by Gasteiger charge is 2.48. The molecule has 0 spiro atoms. The van der Waals surface area contributed by atoms with Crippen LogP contribution >= 0.6 is 0 Å². The average Bonchev–Trinajstić information content (AvgIpc) is 2.79. The van der Waals surface area contributed by atoms with Gasteiger partial charge in [-0.25, -0.2) is 4.79 Å². The molecule has 0 aromatic heterocycles. The third kappa shape index (κ3) is 6.94. The van der Waals surface area contributed by atoms with E-state index < -0.39 is 17.9 Å². The molecular formula is C20H36O4. The lowest BCUT2D eigenvalue weighted by Crippen LogP contribution is -2.38. The zero-order valence-electron chi connectivity index (χ0n) is 15.8. The minimum atomic E-state index is -1.24. The van der Waals surface area contributed by atoms with E-state index >= 15 is 0 Å². The van der Waals surface area contributed by atoms with Crippen molar-refractivity contribution < 1.29 is 19.4 Å². The van der Waals surface area contributed by atoms with Crippen molar-refractivity contribution in [3.63, 3.8) is 0 Å². The van der Waals surface area contributed by atoms with E-state index in [1.54, 1.807) is 6.92 Å². The number of allylic oxidation sites excluding steroid dienone is 1. The number of aliphatic hydroxyl groups is 1. The summed E-state index contributed by atoms with van der Waals surface area (Å²) in [4.78, 5) is 11.8. The fourth-order valence-corrected chi connectivity index (χ4v) is 3.11. The predicted octanol–water partition coefficient (Wildman–Crippen LogP) is 4.89. The topological polar surface area (TPSA) is 55.8 Å². The zero-order valence-corrected chi connectivity index (χ0v) is 15.8. The normalized spacial score (nSPS) is 25.4. The lowest BCUT2D eigenvalue weighted by Gasteiger charge is -2.23. The van der Waals surface area contributed by atoms with Crippen LogP contribution in [-0.4, -0.2) is 30.1 Å². The van der Waals surface area contributed by atoms with Crippen LogP contribution in [0.5, 0.6) is 0 Å². The first-order valence-electron chi connectivity index (χ1n) is 9.71. The van der Waals surface area contributed by atoms with Gasteiger partial charge >= 0.3 is 5.97 Å². The van der Waals surface area contributed by atoms with Crippen molar-refractivity contribution in [3.05, 3.63) is 11.6 Å². The number of hydrogen-bond acceptors (Lipinski definition) is 4. The van der Waals surface area contributed by atoms with Crippen LogP contribution in [0.4, 0.5) is 0 Å². The first kappa shape index (κ1) is 21.2. The van der Waals surface area contributed by atoms with Crippen LogP contribution in [0.1, 0.15) is 90.9 Å². The highest BCUT2D eigenvalue weighted by molar-refractivity contribution is 5.92. The Morgan fingerprint density at radius 1 is 1.04 bits per heavy atom. The SMILES string of the molecule is CCCCCCCCCCCCC/C=C1\C(=O)O[C@](C)(OC)[C@@H]1O. The fourth-order valence-electron chi connectivity index (χ4n) is 3.11. The molecular weight excluding hydrogens is 304 g/mol. The molecule has 24 heavy (non-hydrogen) atoms. The van der Waals surface area contributed by atoms with Crippen molar-refractivity contribution in [2.75, 3.05) is 7.11 Å². The number of carbonyl (C=O) groups excluding carboxylic acids is 1. The molecule has 1 rings (SSSR count). The first-order valence-corrected chi connectivity index (χ1v) is 9.71. The number of unbranched alkanes of at least 4 members (excludes halogenated alkanes) is 11. The highest BCUT2D eigenvalue weighted by atomic mass is 16.7. The Bertz CT molecular complexity index is 391. The molecule has 1 fully saturated rings. The number of ether oxygens (including phenoxy) is 2. The van der Waals surface area contributed by atoms with Crippen LogP contribution < -0.4 is 0 Å². The van der Waals surface area contributed by atoms with Gasteiger partial charge in [-0.1, -0.05) is 77.2 Å². The maximum Gasteiger partial charge on any atom is 0.339 e. The van der Waals surface area contributed by atoms with Crippen LogP contribution in [0.25, 0.3) is 0 Å². The van der Waals surface area contributed by atoms with Gasteiger partial charge in [0.25, 0.3) is 0 Å². The monoisotopic (exact) mass is 340 g/mol. The maximum absolute atomic E-state index is 11.8. The third-order valence-corrected chi connectivity index (χ3v) is 4.90. The number of cyclic esters (lactones) is 1. The Kier molecular flexibility index (Phi) is 10.3. The molecule has 0 amide bonds. The summed E-state index contributed by atoms with van der Waals surface area (Å²) in [7, 11) is 1.43. The van der Waals surface area contributed by atoms with Gasteiger partial charge in [0.2, 0.25) is 5.79 Å². The quantitative estimate of drug-likeness (QED) is 0.294. The highest BCUT2D eigenvalue weighted by Crippen LogP contribution is 2.32. The van der Waals surface area contributed by atoms with E-state index in [4.69, 9.17) is 9.47 Å². The molecule has 4 heteroatoms. The summed E-state index contributed by atoms with van der Waals surface area (Å²) < 4.78 is 10.2. The Morgan fingerprint density at radius 3 is 2.00 bits per heavy atom. The summed E-state index contributed by atoms with van der Waals surface area (Å²) in [5, 5.41) is 10.1. The molecule has 140 valence electrons. The van der Waals surface area contributed by atoms with Gasteiger partial charge in [0.15, 0.2) is 6.10 Å². The van der Waals surface area contributed by atoms with Gasteiger partial charge in [0, 0.05) is 14.0 Å². The molecule has 1 aliphatic heterocycles. The number of carbonyl (C=O) groups is 1. The second kappa shape index (κ2) is 11.6. The molecule has 0 aliphatic carbocycles. The van der Waals surface area contributed by atoms with Gasteiger partial charge in [-0.05, 0) is 12.8 Å². The predicted molar refractivity (Wildman–Crippen MR) is 96.7 cm³/mol. The second-order valence-corrected chi connectivity index (χ2v) is 7.00. The van der Waals surface area contributed by atoms with Crippen molar-refractivity contribution in [2.24, 2.45) is 0 Å². The van der Waals surface area contributed by atoms with Crippen molar-refractivity contribution >= 4 is 5.97 Å². The van der Waals surface area contributed by atoms with Crippen molar-refractivity contribution in [1.29, 1.82) is 0 Å². The first-order chi connectivity index (χ1) is 11.5. The van der Waals surface area contributed by atoms with Gasteiger partial charge in [-0.3, -0.25) is 0 Å². The summed E-state index contributed by atoms with van der Waals surface area (Å²) in [6, 6.07) is 0. The Labute approximate surface area is 147 Å². The number of hydrogen-bond donors (Lipinski definition) is 1. The molecule has 1 N–H and O–H groups in total. The molecule has 0 radical (unpaired) electrons. The fraction of sp³-hybridized carbons (Fsp3) is 0.850. The molecule has 0 aromatic rings. The molecule has 0 aromatic carbocycles. The van der Waals surface area contributed by atoms with Gasteiger partial charge in [0.1, 0.15) is 0 Å². The van der Waals surface area contributed by atoms with Gasteiger partial charge in [-0.2, -0.15) is 0 Å². The number of aliphatic hydroxyl groups excluding tert-OH is 1. The van der Waals surface area contributed by atoms with Crippen molar-refractivity contribution in [3.8, 4) is 0 Å². The van der Waals surface area contributed by atoms with E-state index in [-0.39, 0.29) is 0 Å². The molecule has 1 aliphatic rings. The Balaban J connectivity index is 2.05. The number of rotatable bonds is 13. The van der Waals surface area contributed by atoms with E-state index in [9.17, 15) is 9.90 Å². The van der Waals surface area contributed by atoms with E-state index in [0.29, 0.717) is 5.57 Å². The molecule has 2 atom stereocenters. The summed E-state index contributed by atoms with van der Waals surface area (Å²) in [6.45, 7) is 3.83. The lowest BCUT2D eigenvalue weighted by atomic mass is 10.0. The maximum atomic E-state index is 11.8. The average molecular weight is 341 g/mol. The van der Waals surface area contributed by atoms with Crippen molar-refractivity contribution in [1.82, 2.24) is 0 Å². The molecule has 0 bridgehead atoms. The van der Waals surface area contributed by atoms with Crippen LogP contribution in [0, 0.1) is 0 Å². The molecule has 0 unspecified atom stereocenters. The van der Waals surface area contributed by atoms with E-state index in [1.807, 2.05) is 6.08 Å². The van der Waals surface area contributed by atoms with Crippen LogP contribution in [0.3, 0.4) is 0 Å². The smallest absolute Gasteiger partial charge is 0.339 e. The van der Waals surface area contributed by atoms with Crippen molar-refractivity contribution in [2.45, 2.75) is 103 Å². The minimum Gasteiger partial charge on any atom is -0.427 e. The van der Waals surface area contributed by atoms with Gasteiger partial charge < -0.3 is 14.6 Å². The number of esters is 1. The summed E-state index contributed by atoms with van der Waals surface area (Å²) in [6.07, 6.45) is 15.9. The zero-order chi connectivity index (χ0) is 17.8. The minimum absolute atomic E-state index is 0.339. The van der Waals surface area contributed by atoms with Crippen LogP contribution in [0.15, 0.2) is 11.6 Å². The van der Waals surface area contributed by atoms with E-state index in [1.165, 1.54) is 71.3 Å². The van der Waals surface area contributed by atoms with Gasteiger partial charge in [0.05, 0.1) is 5.57 Å². The van der Waals surface area contributed by atoms with Crippen LogP contribution in [0.2, 0.25) is 0 Å². The molecule has 4 nitrogen and oxygen atoms in total. The summed E-state index contributed by atoms with van der Waals surface area (Å²) in [5.41, 5.74) is 0.339. The summed E-state index contributed by atoms with van der Waals surface area (Å²) in [5.74, 6) is -1.70. The van der Waals surface area contributed by atoms with Crippen LogP contribution in [-0.2, 0) is 14.3 Å². The molecule has 1 heterocycles. The Hall–Kier alpha value is -0.870. The standard InChI is InChI=1S/C20H36O4/c1-4-5-6-7-8-9-10-11-12-13-14-15-16-17-18(21)20(2,23-3)24-19(17)22/h16,18,21H,4-15H2,1-3H3/b17-16-/t18-,20+/m1/s1. The lowest BCUT2D eigenvalue weighted by molar-refractivity contribution is -0.218. The van der Waals surface area contributed by atoms with E-state index in [0.717, 1.165) is 12.8 Å². The molecule has 1 saturated heterocycles.